The van der Waals surface area contributed by atoms with E-state index in [1.165, 1.54) is 0 Å². The molecule has 0 aliphatic carbocycles. The van der Waals surface area contributed by atoms with Crippen molar-refractivity contribution in [3.63, 3.8) is 0 Å². The van der Waals surface area contributed by atoms with E-state index in [2.05, 4.69) is 10.2 Å². The van der Waals surface area contributed by atoms with Gasteiger partial charge < -0.3 is 14.2 Å². The third-order valence-corrected chi connectivity index (χ3v) is 3.33. The Morgan fingerprint density at radius 2 is 1.40 bits per heavy atom. The van der Waals surface area contributed by atoms with Gasteiger partial charge in [0, 0.05) is 0 Å². The zero-order chi connectivity index (χ0) is 17.9. The lowest BCUT2D eigenvalue weighted by Gasteiger charge is -2.27. The number of hydrogen-bond donors (Lipinski definition) is 0. The number of ether oxygens (including phenoxy) is 4. The van der Waals surface area contributed by atoms with Gasteiger partial charge in [0.25, 0.3) is 0 Å². The molecule has 1 unspecified atom stereocenters. The second kappa shape index (κ2) is 6.42. The maximum atomic E-state index is 8.89. The molecular weight excluding hydrogens is 322 g/mol. The van der Waals surface area contributed by atoms with Crippen LogP contribution in [0, 0.1) is 11.3 Å². The van der Waals surface area contributed by atoms with Gasteiger partial charge in [-0.1, -0.05) is 5.11 Å². The lowest BCUT2D eigenvalue weighted by Crippen LogP contribution is -2.44. The van der Waals surface area contributed by atoms with Gasteiger partial charge in [0.15, 0.2) is 5.72 Å². The van der Waals surface area contributed by atoms with E-state index in [4.69, 9.17) is 24.2 Å². The zero-order valence-corrected chi connectivity index (χ0v) is 14.1. The second-order valence-corrected chi connectivity index (χ2v) is 5.79. The molecule has 0 spiro atoms. The van der Waals surface area contributed by atoms with Gasteiger partial charge in [0.2, 0.25) is 0 Å². The van der Waals surface area contributed by atoms with Crippen molar-refractivity contribution in [2.75, 3.05) is 7.11 Å². The van der Waals surface area contributed by atoms with Crippen molar-refractivity contribution in [3.8, 4) is 23.3 Å². The summed E-state index contributed by atoms with van der Waals surface area (Å²) in [4.78, 5) is 0. The van der Waals surface area contributed by atoms with E-state index in [-0.39, 0.29) is 0 Å². The molecule has 7 heteroatoms. The highest BCUT2D eigenvalue weighted by Crippen LogP contribution is 2.36. The number of nitriles is 1. The van der Waals surface area contributed by atoms with Crippen LogP contribution in [0.3, 0.4) is 0 Å². The molecule has 1 aliphatic rings. The van der Waals surface area contributed by atoms with Gasteiger partial charge in [0.1, 0.15) is 17.2 Å². The molecule has 0 N–H and O–H groups in total. The Morgan fingerprint density at radius 3 is 1.84 bits per heavy atom. The van der Waals surface area contributed by atoms with E-state index in [1.54, 1.807) is 69.5 Å². The van der Waals surface area contributed by atoms with Crippen LogP contribution in [0.4, 0.5) is 0 Å². The molecule has 0 aromatic heterocycles. The highest BCUT2D eigenvalue weighted by molar-refractivity contribution is 5.35. The highest BCUT2D eigenvalue weighted by Gasteiger charge is 2.49. The Bertz CT molecular complexity index is 810. The number of azo groups is 1. The summed E-state index contributed by atoms with van der Waals surface area (Å²) in [6, 6.07) is 15.5. The number of hydrogen-bond acceptors (Lipinski definition) is 7. The minimum absolute atomic E-state index is 0.434. The molecular formula is C18H17N3O4. The third kappa shape index (κ3) is 3.87. The fraction of sp³-hybridized carbons (Fsp3) is 0.278. The van der Waals surface area contributed by atoms with E-state index in [9.17, 15) is 0 Å². The summed E-state index contributed by atoms with van der Waals surface area (Å²) in [7, 11) is 1.59. The molecule has 0 bridgehead atoms. The van der Waals surface area contributed by atoms with Gasteiger partial charge in [0.05, 0.1) is 18.7 Å². The molecule has 2 aromatic rings. The molecule has 1 aliphatic heterocycles. The van der Waals surface area contributed by atoms with Gasteiger partial charge >= 0.3 is 6.10 Å². The minimum Gasteiger partial charge on any atom is -0.497 e. The Labute approximate surface area is 145 Å². The fourth-order valence-corrected chi connectivity index (χ4v) is 2.18. The van der Waals surface area contributed by atoms with Crippen LogP contribution < -0.4 is 14.2 Å². The number of methoxy groups -OCH3 is 1. The molecule has 0 radical (unpaired) electrons. The number of nitrogens with zero attached hydrogens (tertiary/aromatic N) is 3. The summed E-state index contributed by atoms with van der Waals surface area (Å²) in [6.07, 6.45) is -1.74. The van der Waals surface area contributed by atoms with Crippen LogP contribution in [0.25, 0.3) is 0 Å². The first-order valence-electron chi connectivity index (χ1n) is 7.60. The van der Waals surface area contributed by atoms with Crippen molar-refractivity contribution in [2.45, 2.75) is 25.7 Å². The molecule has 2 aromatic carbocycles. The molecule has 1 atom stereocenters. The smallest absolute Gasteiger partial charge is 0.497 e. The highest BCUT2D eigenvalue weighted by atomic mass is 16.9. The number of rotatable bonds is 5. The molecule has 0 saturated carbocycles. The van der Waals surface area contributed by atoms with Crippen LogP contribution in [0.5, 0.6) is 17.2 Å². The van der Waals surface area contributed by atoms with Gasteiger partial charge in [-0.15, -0.1) is 5.11 Å². The maximum absolute atomic E-state index is 8.89. The quantitative estimate of drug-likeness (QED) is 0.772. The first-order chi connectivity index (χ1) is 11.9. The van der Waals surface area contributed by atoms with Crippen LogP contribution in [-0.2, 0) is 4.74 Å². The van der Waals surface area contributed by atoms with Crippen LogP contribution in [0.1, 0.15) is 19.4 Å². The van der Waals surface area contributed by atoms with Crippen molar-refractivity contribution in [3.05, 3.63) is 54.1 Å². The maximum Gasteiger partial charge on any atom is 0.510 e. The normalized spacial score (nSPS) is 20.7. The molecule has 0 saturated heterocycles. The zero-order valence-electron chi connectivity index (χ0n) is 14.1. The molecule has 0 amide bonds. The Morgan fingerprint density at radius 1 is 0.880 bits per heavy atom. The summed E-state index contributed by atoms with van der Waals surface area (Å²) in [5.41, 5.74) is -0.370. The van der Waals surface area contributed by atoms with Gasteiger partial charge in [-0.3, -0.25) is 4.74 Å². The predicted octanol–water partition coefficient (Wildman–Crippen LogP) is 3.85. The summed E-state index contributed by atoms with van der Waals surface area (Å²) >= 11 is 0. The van der Waals surface area contributed by atoms with Crippen molar-refractivity contribution in [1.29, 1.82) is 5.26 Å². The molecule has 0 fully saturated rings. The topological polar surface area (TPSA) is 85.4 Å². The number of benzene rings is 2. The SMILES string of the molecule is COc1ccc(OC2(Oc3ccc(C#N)cc3)N=NC(C)(C)O2)cc1. The van der Waals surface area contributed by atoms with Gasteiger partial charge in [-0.05, 0) is 62.4 Å². The second-order valence-electron chi connectivity index (χ2n) is 5.79. The summed E-state index contributed by atoms with van der Waals surface area (Å²) in [6.45, 7) is 3.50. The van der Waals surface area contributed by atoms with E-state index < -0.39 is 11.8 Å². The first-order valence-corrected chi connectivity index (χ1v) is 7.60. The van der Waals surface area contributed by atoms with Crippen LogP contribution in [-0.4, -0.2) is 18.9 Å². The Balaban J connectivity index is 1.85. The Kier molecular flexibility index (Phi) is 4.30. The van der Waals surface area contributed by atoms with Crippen molar-refractivity contribution < 1.29 is 18.9 Å². The molecule has 3 rings (SSSR count). The van der Waals surface area contributed by atoms with Crippen molar-refractivity contribution in [1.82, 2.24) is 0 Å². The van der Waals surface area contributed by atoms with Crippen LogP contribution in [0.15, 0.2) is 58.8 Å². The lowest BCUT2D eigenvalue weighted by atomic mass is 10.2. The van der Waals surface area contributed by atoms with E-state index in [0.717, 1.165) is 0 Å². The monoisotopic (exact) mass is 339 g/mol. The van der Waals surface area contributed by atoms with Crippen LogP contribution in [0.2, 0.25) is 0 Å². The summed E-state index contributed by atoms with van der Waals surface area (Å²) in [5, 5.41) is 17.0. The predicted molar refractivity (Wildman–Crippen MR) is 88.2 cm³/mol. The average Bonchev–Trinajstić information content (AvgIpc) is 2.91. The fourth-order valence-electron chi connectivity index (χ4n) is 2.18. The summed E-state index contributed by atoms with van der Waals surface area (Å²) in [5.74, 6) is 1.61. The summed E-state index contributed by atoms with van der Waals surface area (Å²) < 4.78 is 22.6. The van der Waals surface area contributed by atoms with Gasteiger partial charge in [-0.25, -0.2) is 0 Å². The minimum atomic E-state index is -1.74. The molecule has 25 heavy (non-hydrogen) atoms. The van der Waals surface area contributed by atoms with Crippen LogP contribution >= 0.6 is 0 Å². The molecule has 7 nitrogen and oxygen atoms in total. The largest absolute Gasteiger partial charge is 0.510 e. The lowest BCUT2D eigenvalue weighted by molar-refractivity contribution is -0.310. The average molecular weight is 339 g/mol. The van der Waals surface area contributed by atoms with E-state index in [1.807, 2.05) is 6.07 Å². The van der Waals surface area contributed by atoms with E-state index >= 15 is 0 Å². The van der Waals surface area contributed by atoms with Gasteiger partial charge in [-0.2, -0.15) is 5.26 Å². The first kappa shape index (κ1) is 16.7. The third-order valence-electron chi connectivity index (χ3n) is 3.33. The molecule has 128 valence electrons. The van der Waals surface area contributed by atoms with Crippen molar-refractivity contribution >= 4 is 0 Å². The Hall–Kier alpha value is -3.11. The standard InChI is InChI=1S/C18H17N3O4/c1-17(2)20-21-18(25-17,23-15-6-4-13(12-19)5-7-15)24-16-10-8-14(22-3)9-11-16/h4-11H,1-3H3. The van der Waals surface area contributed by atoms with Crippen molar-refractivity contribution in [2.24, 2.45) is 10.2 Å². The van der Waals surface area contributed by atoms with E-state index in [0.29, 0.717) is 22.8 Å². The molecule has 1 heterocycles.